The van der Waals surface area contributed by atoms with E-state index in [9.17, 15) is 15.3 Å². The minimum absolute atomic E-state index is 0.319. The Morgan fingerprint density at radius 2 is 1.74 bits per heavy atom. The molecular weight excluding hydrogens is 246 g/mol. The molecule has 0 aliphatic carbocycles. The second-order valence-corrected chi connectivity index (χ2v) is 5.39. The maximum atomic E-state index is 10.1. The lowest BCUT2D eigenvalue weighted by atomic mass is 10.0. The highest BCUT2D eigenvalue weighted by molar-refractivity contribution is 5.18. The number of rotatable bonds is 6. The molecular formula is C14H23NO4. The van der Waals surface area contributed by atoms with Crippen LogP contribution in [0.1, 0.15) is 32.4 Å². The first-order chi connectivity index (χ1) is 8.83. The Bertz CT molecular complexity index is 363. The monoisotopic (exact) mass is 269 g/mol. The molecule has 3 atom stereocenters. The second kappa shape index (κ2) is 6.98. The van der Waals surface area contributed by atoms with Gasteiger partial charge in [-0.2, -0.15) is 0 Å². The summed E-state index contributed by atoms with van der Waals surface area (Å²) in [5.41, 5.74) is 0.140. The molecule has 1 aromatic rings. The van der Waals surface area contributed by atoms with Crippen molar-refractivity contribution in [1.82, 2.24) is 5.32 Å². The summed E-state index contributed by atoms with van der Waals surface area (Å²) in [7, 11) is 0. The van der Waals surface area contributed by atoms with Crippen molar-refractivity contribution in [3.8, 4) is 0 Å². The van der Waals surface area contributed by atoms with Gasteiger partial charge in [0.1, 0.15) is 0 Å². The Balaban J connectivity index is 2.63. The van der Waals surface area contributed by atoms with Crippen molar-refractivity contribution in [3.63, 3.8) is 0 Å². The maximum Gasteiger partial charge on any atom is 0.214 e. The fraction of sp³-hybridized carbons (Fsp3) is 0.571. The first-order valence-electron chi connectivity index (χ1n) is 6.29. The summed E-state index contributed by atoms with van der Waals surface area (Å²) in [6.07, 6.45) is -2.18. The largest absolute Gasteiger partial charge is 0.395 e. The normalized spacial score (nSPS) is 16.9. The van der Waals surface area contributed by atoms with Gasteiger partial charge < -0.3 is 20.1 Å². The van der Waals surface area contributed by atoms with E-state index in [1.807, 2.05) is 6.07 Å². The summed E-state index contributed by atoms with van der Waals surface area (Å²) in [6, 6.07) is 8.25. The van der Waals surface area contributed by atoms with E-state index in [2.05, 4.69) is 5.32 Å². The van der Waals surface area contributed by atoms with Crippen molar-refractivity contribution in [3.05, 3.63) is 35.9 Å². The zero-order chi connectivity index (χ0) is 14.5. The van der Waals surface area contributed by atoms with Gasteiger partial charge in [-0.1, -0.05) is 30.3 Å². The predicted octanol–water partition coefficient (Wildman–Crippen LogP) is 0.761. The van der Waals surface area contributed by atoms with E-state index in [-0.39, 0.29) is 6.61 Å². The third-order valence-electron chi connectivity index (χ3n) is 2.54. The standard InChI is InChI=1S/C14H23NO4/c1-14(2,3)19-13(18)15-11(9-16)12(17)10-7-5-4-6-8-10/h4-8,11-13,15-18H,9H2,1-3H3/t11-,12-,13?/m1/s1. The molecule has 0 bridgehead atoms. The van der Waals surface area contributed by atoms with Crippen molar-refractivity contribution < 1.29 is 20.1 Å². The minimum atomic E-state index is -1.25. The molecule has 0 amide bonds. The van der Waals surface area contributed by atoms with Crippen LogP contribution in [0.4, 0.5) is 0 Å². The van der Waals surface area contributed by atoms with Gasteiger partial charge >= 0.3 is 0 Å². The zero-order valence-corrected chi connectivity index (χ0v) is 11.6. The molecule has 5 heteroatoms. The van der Waals surface area contributed by atoms with Crippen LogP contribution in [0.5, 0.6) is 0 Å². The van der Waals surface area contributed by atoms with E-state index in [0.717, 1.165) is 0 Å². The smallest absolute Gasteiger partial charge is 0.214 e. The molecule has 1 unspecified atom stereocenters. The Morgan fingerprint density at radius 1 is 1.16 bits per heavy atom. The van der Waals surface area contributed by atoms with Gasteiger partial charge in [0.05, 0.1) is 24.4 Å². The highest BCUT2D eigenvalue weighted by Gasteiger charge is 2.25. The summed E-state index contributed by atoms with van der Waals surface area (Å²) in [5, 5.41) is 31.8. The average Bonchev–Trinajstić information content (AvgIpc) is 2.34. The molecule has 1 rings (SSSR count). The SMILES string of the molecule is CC(C)(C)OC(O)N[C@H](CO)[C@H](O)c1ccccc1. The van der Waals surface area contributed by atoms with E-state index in [1.54, 1.807) is 45.0 Å². The quantitative estimate of drug-likeness (QED) is 0.573. The number of aliphatic hydroxyl groups is 3. The van der Waals surface area contributed by atoms with Gasteiger partial charge in [-0.15, -0.1) is 0 Å². The molecule has 0 saturated carbocycles. The Labute approximate surface area is 113 Å². The van der Waals surface area contributed by atoms with Crippen molar-refractivity contribution in [2.45, 2.75) is 44.9 Å². The van der Waals surface area contributed by atoms with Gasteiger partial charge in [0, 0.05) is 0 Å². The van der Waals surface area contributed by atoms with Crippen molar-refractivity contribution in [2.75, 3.05) is 6.61 Å². The molecule has 1 aromatic carbocycles. The summed E-state index contributed by atoms with van der Waals surface area (Å²) >= 11 is 0. The fourth-order valence-corrected chi connectivity index (χ4v) is 1.68. The Morgan fingerprint density at radius 3 is 2.21 bits per heavy atom. The van der Waals surface area contributed by atoms with Gasteiger partial charge in [-0.3, -0.25) is 5.32 Å². The fourth-order valence-electron chi connectivity index (χ4n) is 1.68. The lowest BCUT2D eigenvalue weighted by Gasteiger charge is -2.29. The molecule has 5 nitrogen and oxygen atoms in total. The average molecular weight is 269 g/mol. The molecule has 108 valence electrons. The van der Waals surface area contributed by atoms with Gasteiger partial charge in [0.2, 0.25) is 6.41 Å². The number of hydrogen-bond acceptors (Lipinski definition) is 5. The van der Waals surface area contributed by atoms with Crippen LogP contribution in [0.15, 0.2) is 30.3 Å². The number of ether oxygens (including phenoxy) is 1. The molecule has 0 radical (unpaired) electrons. The van der Waals surface area contributed by atoms with Crippen LogP contribution in [0.3, 0.4) is 0 Å². The molecule has 0 spiro atoms. The van der Waals surface area contributed by atoms with E-state index in [1.165, 1.54) is 0 Å². The molecule has 0 heterocycles. The molecule has 0 aliphatic rings. The van der Waals surface area contributed by atoms with Crippen LogP contribution in [0.2, 0.25) is 0 Å². The van der Waals surface area contributed by atoms with Crippen LogP contribution >= 0.6 is 0 Å². The highest BCUT2D eigenvalue weighted by Crippen LogP contribution is 2.17. The van der Waals surface area contributed by atoms with E-state index in [4.69, 9.17) is 4.74 Å². The highest BCUT2D eigenvalue weighted by atomic mass is 16.6. The van der Waals surface area contributed by atoms with E-state index < -0.39 is 24.2 Å². The topological polar surface area (TPSA) is 82.0 Å². The molecule has 0 aliphatic heterocycles. The van der Waals surface area contributed by atoms with Crippen molar-refractivity contribution in [1.29, 1.82) is 0 Å². The Kier molecular flexibility index (Phi) is 5.90. The number of benzene rings is 1. The summed E-state index contributed by atoms with van der Waals surface area (Å²) in [4.78, 5) is 0. The van der Waals surface area contributed by atoms with E-state index >= 15 is 0 Å². The molecule has 19 heavy (non-hydrogen) atoms. The maximum absolute atomic E-state index is 10.1. The Hall–Kier alpha value is -0.980. The molecule has 0 aromatic heterocycles. The van der Waals surface area contributed by atoms with Crippen LogP contribution in [-0.2, 0) is 4.74 Å². The minimum Gasteiger partial charge on any atom is -0.395 e. The summed E-state index contributed by atoms with van der Waals surface area (Å²) < 4.78 is 5.28. The van der Waals surface area contributed by atoms with Gasteiger partial charge in [-0.05, 0) is 26.3 Å². The lowest BCUT2D eigenvalue weighted by molar-refractivity contribution is -0.191. The summed E-state index contributed by atoms with van der Waals surface area (Å²) in [5.74, 6) is 0. The van der Waals surface area contributed by atoms with Crippen molar-refractivity contribution >= 4 is 0 Å². The second-order valence-electron chi connectivity index (χ2n) is 5.39. The van der Waals surface area contributed by atoms with Crippen molar-refractivity contribution in [2.24, 2.45) is 0 Å². The third kappa shape index (κ3) is 5.67. The van der Waals surface area contributed by atoms with Crippen LogP contribution < -0.4 is 5.32 Å². The first-order valence-corrected chi connectivity index (χ1v) is 6.29. The van der Waals surface area contributed by atoms with Gasteiger partial charge in [-0.25, -0.2) is 0 Å². The van der Waals surface area contributed by atoms with Crippen LogP contribution in [-0.4, -0.2) is 40.0 Å². The van der Waals surface area contributed by atoms with Gasteiger partial charge in [0.25, 0.3) is 0 Å². The van der Waals surface area contributed by atoms with Crippen LogP contribution in [0.25, 0.3) is 0 Å². The van der Waals surface area contributed by atoms with Gasteiger partial charge in [0.15, 0.2) is 0 Å². The molecule has 0 saturated heterocycles. The lowest BCUT2D eigenvalue weighted by Crippen LogP contribution is -2.47. The third-order valence-corrected chi connectivity index (χ3v) is 2.54. The molecule has 0 fully saturated rings. The first kappa shape index (κ1) is 16.1. The summed E-state index contributed by atoms with van der Waals surface area (Å²) in [6.45, 7) is 5.10. The number of aliphatic hydroxyl groups excluding tert-OH is 3. The predicted molar refractivity (Wildman–Crippen MR) is 72.3 cm³/mol. The number of nitrogens with one attached hydrogen (secondary N) is 1. The van der Waals surface area contributed by atoms with Crippen LogP contribution in [0, 0.1) is 0 Å². The van der Waals surface area contributed by atoms with E-state index in [0.29, 0.717) is 5.56 Å². The zero-order valence-electron chi connectivity index (χ0n) is 11.6. The number of hydrogen-bond donors (Lipinski definition) is 4. The molecule has 4 N–H and O–H groups in total.